The number of morpholine rings is 1. The van der Waals surface area contributed by atoms with Crippen LogP contribution in [0.4, 0.5) is 32.0 Å². The first-order valence-electron chi connectivity index (χ1n) is 24.3. The molecule has 5 N–H and O–H groups in total. The van der Waals surface area contributed by atoms with Crippen molar-refractivity contribution in [1.82, 2.24) is 25.0 Å². The number of aliphatic carboxylic acids is 2. The number of thiazole rings is 1. The van der Waals surface area contributed by atoms with Gasteiger partial charge >= 0.3 is 24.3 Å². The molecule has 0 unspecified atom stereocenters. The third kappa shape index (κ3) is 18.0. The normalized spacial score (nSPS) is 17.0. The maximum absolute atomic E-state index is 13.5. The standard InChI is InChI=1S/C45H61ClN6O7S.2C2HF3O2/c1-31(2)43-48-37(29-60-43)44(56)51-22-25-59-45(30-51)15-19-50(20-16-45)27-32-8-9-33(36(46)26-32)13-23-57-24-14-40(55)52(35-6-4-3-5-7-35)21-18-47-17-12-34-10-11-38(53)41-42(34)58-28-39(54)49-41;2*3-2(4,5)1(6)7/h8-11,26,29,31,35,47,53H,3-7,12-25,27-28,30H2,1-2H3,(H,49,54);2*(H,6,7). The molecule has 3 amide bonds. The molecule has 4 heterocycles. The molecule has 3 aliphatic heterocycles. The van der Waals surface area contributed by atoms with Crippen molar-refractivity contribution in [3.63, 3.8) is 0 Å². The average molecular weight is 1090 g/mol. The fourth-order valence-electron chi connectivity index (χ4n) is 8.85. The van der Waals surface area contributed by atoms with Crippen LogP contribution in [0.2, 0.25) is 5.02 Å². The van der Waals surface area contributed by atoms with E-state index < -0.39 is 24.3 Å². The second-order valence-electron chi connectivity index (χ2n) is 18.6. The molecule has 3 aromatic rings. The number of benzene rings is 2. The van der Waals surface area contributed by atoms with Gasteiger partial charge in [-0.3, -0.25) is 19.3 Å². The Balaban J connectivity index is 0.000000636. The summed E-state index contributed by atoms with van der Waals surface area (Å²) in [7, 11) is 0. The average Bonchev–Trinajstić information content (AvgIpc) is 3.86. The predicted molar refractivity (Wildman–Crippen MR) is 261 cm³/mol. The van der Waals surface area contributed by atoms with Gasteiger partial charge in [-0.05, 0) is 73.9 Å². The lowest BCUT2D eigenvalue weighted by molar-refractivity contribution is -0.193. The molecule has 17 nitrogen and oxygen atoms in total. The quantitative estimate of drug-likeness (QED) is 0.0498. The number of hydrogen-bond acceptors (Lipinski definition) is 13. The van der Waals surface area contributed by atoms with Crippen molar-refractivity contribution in [2.24, 2.45) is 0 Å². The number of likely N-dealkylation sites (tertiary alicyclic amines) is 1. The lowest BCUT2D eigenvalue weighted by Gasteiger charge is -2.47. The van der Waals surface area contributed by atoms with Gasteiger partial charge < -0.3 is 50.0 Å². The predicted octanol–water partition coefficient (Wildman–Crippen LogP) is 7.67. The van der Waals surface area contributed by atoms with Gasteiger partial charge in [-0.15, -0.1) is 11.3 Å². The van der Waals surface area contributed by atoms with E-state index >= 15 is 0 Å². The molecule has 4 aliphatic rings. The fourth-order valence-corrected chi connectivity index (χ4v) is 9.96. The van der Waals surface area contributed by atoms with Crippen LogP contribution in [0.5, 0.6) is 11.5 Å². The number of nitrogens with one attached hydrogen (secondary N) is 2. The lowest BCUT2D eigenvalue weighted by atomic mass is 9.89. The van der Waals surface area contributed by atoms with Crippen molar-refractivity contribution >= 4 is 58.3 Å². The zero-order valence-corrected chi connectivity index (χ0v) is 42.7. The molecule has 3 fully saturated rings. The van der Waals surface area contributed by atoms with E-state index in [4.69, 9.17) is 45.6 Å². The van der Waals surface area contributed by atoms with Crippen molar-refractivity contribution in [2.75, 3.05) is 77.6 Å². The van der Waals surface area contributed by atoms with Crippen LogP contribution in [0.25, 0.3) is 0 Å². The van der Waals surface area contributed by atoms with Gasteiger partial charge in [0.05, 0.1) is 43.4 Å². The summed E-state index contributed by atoms with van der Waals surface area (Å²) < 4.78 is 81.4. The van der Waals surface area contributed by atoms with Gasteiger partial charge in [0.15, 0.2) is 12.4 Å². The molecule has 7 rings (SSSR count). The maximum Gasteiger partial charge on any atom is 0.490 e. The van der Waals surface area contributed by atoms with Gasteiger partial charge in [0.2, 0.25) is 5.91 Å². The largest absolute Gasteiger partial charge is 0.506 e. The lowest BCUT2D eigenvalue weighted by Crippen LogP contribution is -2.58. The summed E-state index contributed by atoms with van der Waals surface area (Å²) in [4.78, 5) is 67.4. The zero-order valence-electron chi connectivity index (χ0n) is 41.1. The summed E-state index contributed by atoms with van der Waals surface area (Å²) in [5.41, 5.74) is 3.67. The molecular weight excluding hydrogens is 1030 g/mol. The molecule has 0 atom stereocenters. The number of nitrogens with zero attached hydrogens (tertiary/aromatic N) is 4. The minimum absolute atomic E-state index is 0.00747. The van der Waals surface area contributed by atoms with E-state index in [0.717, 1.165) is 84.9 Å². The van der Waals surface area contributed by atoms with E-state index in [-0.39, 0.29) is 41.7 Å². The smallest absolute Gasteiger partial charge is 0.490 e. The zero-order chi connectivity index (χ0) is 54.2. The fraction of sp³-hybridized carbons (Fsp3) is 0.592. The van der Waals surface area contributed by atoms with Gasteiger partial charge in [0.1, 0.15) is 17.1 Å². The van der Waals surface area contributed by atoms with Crippen molar-refractivity contribution in [3.05, 3.63) is 68.1 Å². The number of hydrogen-bond donors (Lipinski definition) is 5. The van der Waals surface area contributed by atoms with Crippen molar-refractivity contribution in [3.8, 4) is 11.5 Å². The Morgan fingerprint density at radius 3 is 2.24 bits per heavy atom. The number of carbonyl (C=O) groups excluding carboxylic acids is 3. The van der Waals surface area contributed by atoms with Crippen LogP contribution in [0.15, 0.2) is 35.7 Å². The number of anilines is 1. The number of carbonyl (C=O) groups is 5. The van der Waals surface area contributed by atoms with E-state index in [9.17, 15) is 45.8 Å². The first kappa shape index (κ1) is 59.6. The summed E-state index contributed by atoms with van der Waals surface area (Å²) in [5.74, 6) is -4.85. The topological polar surface area (TPSA) is 220 Å². The van der Waals surface area contributed by atoms with Gasteiger partial charge in [-0.1, -0.05) is 62.9 Å². The molecular formula is C49H63ClF6N6O11S. The van der Waals surface area contributed by atoms with Crippen molar-refractivity contribution < 1.29 is 79.8 Å². The van der Waals surface area contributed by atoms with Crippen molar-refractivity contribution in [1.29, 1.82) is 0 Å². The number of piperidine rings is 1. The highest BCUT2D eigenvalue weighted by atomic mass is 35.5. The molecule has 0 bridgehead atoms. The SMILES string of the molecule is CC(C)c1nc(C(=O)N2CCOC3(CCN(Cc4ccc(CCOCCC(=O)N(CCNCCc5ccc(O)c6c5OCC(=O)N6)C5CCCCC5)c(Cl)c4)CC3)C2)cs1.O=C(O)C(F)(F)F.O=C(O)C(F)(F)F. The molecule has 410 valence electrons. The van der Waals surface area contributed by atoms with E-state index in [1.54, 1.807) is 17.4 Å². The number of aromatic nitrogens is 1. The second-order valence-corrected chi connectivity index (χ2v) is 19.9. The van der Waals surface area contributed by atoms with Gasteiger partial charge in [-0.25, -0.2) is 14.6 Å². The first-order valence-corrected chi connectivity index (χ1v) is 25.6. The maximum atomic E-state index is 13.5. The Kier molecular flexibility index (Phi) is 22.1. The van der Waals surface area contributed by atoms with Crippen LogP contribution in [-0.4, -0.2) is 161 Å². The Bertz CT molecular complexity index is 2350. The number of carboxylic acids is 2. The van der Waals surface area contributed by atoms with E-state index in [0.29, 0.717) is 94.9 Å². The third-order valence-corrected chi connectivity index (χ3v) is 14.3. The van der Waals surface area contributed by atoms with Crippen LogP contribution in [0.3, 0.4) is 0 Å². The molecule has 1 saturated carbocycles. The van der Waals surface area contributed by atoms with E-state index in [2.05, 4.69) is 57.5 Å². The summed E-state index contributed by atoms with van der Waals surface area (Å²) >= 11 is 8.34. The van der Waals surface area contributed by atoms with Crippen LogP contribution in [0, 0.1) is 0 Å². The summed E-state index contributed by atoms with van der Waals surface area (Å²) in [6.45, 7) is 11.3. The summed E-state index contributed by atoms with van der Waals surface area (Å²) in [6.07, 6.45) is -1.19. The van der Waals surface area contributed by atoms with Crippen LogP contribution < -0.4 is 15.4 Å². The number of rotatable bonds is 17. The highest BCUT2D eigenvalue weighted by molar-refractivity contribution is 7.09. The Morgan fingerprint density at radius 2 is 1.62 bits per heavy atom. The molecule has 1 aromatic heterocycles. The number of alkyl halides is 6. The number of ether oxygens (including phenoxy) is 3. The van der Waals surface area contributed by atoms with Gasteiger partial charge in [-0.2, -0.15) is 26.3 Å². The molecule has 74 heavy (non-hydrogen) atoms. The number of phenolic OH excluding ortho intramolecular Hbond substituents is 1. The van der Waals surface area contributed by atoms with Gasteiger partial charge in [0, 0.05) is 61.6 Å². The molecule has 0 radical (unpaired) electrons. The molecule has 25 heteroatoms. The van der Waals surface area contributed by atoms with Crippen LogP contribution in [-0.2, 0) is 48.0 Å². The highest BCUT2D eigenvalue weighted by Gasteiger charge is 2.42. The third-order valence-electron chi connectivity index (χ3n) is 12.8. The highest BCUT2D eigenvalue weighted by Crippen LogP contribution is 2.39. The second kappa shape index (κ2) is 27.5. The molecule has 2 aromatic carbocycles. The minimum atomic E-state index is -5.08. The summed E-state index contributed by atoms with van der Waals surface area (Å²) in [6, 6.07) is 9.95. The van der Waals surface area contributed by atoms with Crippen molar-refractivity contribution in [2.45, 2.75) is 115 Å². The monoisotopic (exact) mass is 1090 g/mol. The number of carboxylic acid groups (broad SMARTS) is 2. The molecule has 1 spiro atoms. The van der Waals surface area contributed by atoms with Crippen LogP contribution in [0.1, 0.15) is 103 Å². The van der Waals surface area contributed by atoms with Crippen LogP contribution >= 0.6 is 22.9 Å². The first-order chi connectivity index (χ1) is 35.0. The number of aromatic hydroxyl groups is 1. The number of phenols is 1. The Labute approximate surface area is 433 Å². The number of fused-ring (bicyclic) bond motifs is 1. The number of halogens is 7. The van der Waals surface area contributed by atoms with E-state index in [1.165, 1.54) is 6.42 Å². The summed E-state index contributed by atoms with van der Waals surface area (Å²) in [5, 5.41) is 34.2. The Hall–Kier alpha value is -5.27. The molecule has 2 saturated heterocycles. The van der Waals surface area contributed by atoms with E-state index in [1.807, 2.05) is 16.3 Å². The molecule has 1 aliphatic carbocycles. The number of amides is 3. The Morgan fingerprint density at radius 1 is 0.959 bits per heavy atom. The minimum Gasteiger partial charge on any atom is -0.506 e. The van der Waals surface area contributed by atoms with Gasteiger partial charge in [0.25, 0.3) is 11.8 Å².